The average Bonchev–Trinajstić information content (AvgIpc) is 2.76. The summed E-state index contributed by atoms with van der Waals surface area (Å²) in [4.78, 5) is 15.0. The van der Waals surface area contributed by atoms with Gasteiger partial charge in [-0.1, -0.05) is 40.0 Å². The molecule has 0 aromatic carbocycles. The third-order valence-electron chi connectivity index (χ3n) is 5.10. The molecule has 1 saturated carbocycles. The minimum Gasteiger partial charge on any atom is -0.324 e. The molecule has 1 aliphatic carbocycles. The van der Waals surface area contributed by atoms with Crippen LogP contribution in [-0.4, -0.2) is 40.6 Å². The Morgan fingerprint density at radius 2 is 2.00 bits per heavy atom. The first-order valence-corrected chi connectivity index (χ1v) is 9.85. The number of nitrogens with one attached hydrogen (secondary N) is 1. The van der Waals surface area contributed by atoms with Gasteiger partial charge in [0.25, 0.3) is 0 Å². The summed E-state index contributed by atoms with van der Waals surface area (Å²) in [5.41, 5.74) is 0. The highest BCUT2D eigenvalue weighted by Gasteiger charge is 2.43. The molecule has 2 rings (SSSR count). The Morgan fingerprint density at radius 3 is 2.52 bits per heavy atom. The molecule has 122 valence electrons. The van der Waals surface area contributed by atoms with Gasteiger partial charge in [-0.3, -0.25) is 10.1 Å². The van der Waals surface area contributed by atoms with Crippen molar-refractivity contribution >= 4 is 17.7 Å². The van der Waals surface area contributed by atoms with Crippen LogP contribution in [0.4, 0.5) is 0 Å². The zero-order valence-corrected chi connectivity index (χ0v) is 15.0. The van der Waals surface area contributed by atoms with Gasteiger partial charge in [0.1, 0.15) is 0 Å². The molecule has 0 radical (unpaired) electrons. The first-order valence-electron chi connectivity index (χ1n) is 8.63. The predicted molar refractivity (Wildman–Crippen MR) is 91.5 cm³/mol. The molecule has 2 unspecified atom stereocenters. The fourth-order valence-electron chi connectivity index (χ4n) is 3.85. The van der Waals surface area contributed by atoms with Crippen molar-refractivity contribution in [2.75, 3.05) is 12.8 Å². The lowest BCUT2D eigenvalue weighted by atomic mass is 9.87. The van der Waals surface area contributed by atoms with E-state index in [0.29, 0.717) is 16.6 Å². The molecule has 2 fully saturated rings. The second-order valence-corrected chi connectivity index (χ2v) is 8.46. The summed E-state index contributed by atoms with van der Waals surface area (Å²) in [7, 11) is 0. The summed E-state index contributed by atoms with van der Waals surface area (Å²) in [6.07, 6.45) is 11.0. The van der Waals surface area contributed by atoms with E-state index in [2.05, 4.69) is 37.2 Å². The van der Waals surface area contributed by atoms with Crippen molar-refractivity contribution in [3.8, 4) is 0 Å². The normalized spacial score (nSPS) is 29.4. The Labute approximate surface area is 134 Å². The molecule has 1 saturated heterocycles. The van der Waals surface area contributed by atoms with Crippen molar-refractivity contribution in [2.24, 2.45) is 5.92 Å². The zero-order valence-electron chi connectivity index (χ0n) is 14.2. The molecular weight excluding hydrogens is 280 g/mol. The molecule has 0 aromatic heterocycles. The highest BCUT2D eigenvalue weighted by atomic mass is 32.2. The quantitative estimate of drug-likeness (QED) is 0.813. The van der Waals surface area contributed by atoms with Crippen LogP contribution in [-0.2, 0) is 4.79 Å². The molecule has 0 bridgehead atoms. The minimum absolute atomic E-state index is 0.0393. The molecule has 4 heteroatoms. The second kappa shape index (κ2) is 7.36. The van der Waals surface area contributed by atoms with E-state index in [1.165, 1.54) is 32.1 Å². The predicted octanol–water partition coefficient (Wildman–Crippen LogP) is 3.63. The van der Waals surface area contributed by atoms with Gasteiger partial charge in [0.15, 0.2) is 0 Å². The second-order valence-electron chi connectivity index (χ2n) is 7.19. The summed E-state index contributed by atoms with van der Waals surface area (Å²) in [6, 6.07) is 0.0393. The Hall–Kier alpha value is -0.220. The van der Waals surface area contributed by atoms with Gasteiger partial charge in [0, 0.05) is 11.3 Å². The van der Waals surface area contributed by atoms with E-state index >= 15 is 0 Å². The van der Waals surface area contributed by atoms with Gasteiger partial charge < -0.3 is 4.90 Å². The van der Waals surface area contributed by atoms with Crippen LogP contribution in [0, 0.1) is 5.92 Å². The number of carbonyl (C=O) groups excluding carboxylic acids is 1. The molecule has 1 amide bonds. The lowest BCUT2D eigenvalue weighted by Gasteiger charge is -2.40. The van der Waals surface area contributed by atoms with E-state index in [-0.39, 0.29) is 12.2 Å². The third-order valence-corrected chi connectivity index (χ3v) is 6.50. The molecular formula is C17H32N2OS. The lowest BCUT2D eigenvalue weighted by molar-refractivity contribution is -0.130. The molecule has 1 N–H and O–H groups in total. The van der Waals surface area contributed by atoms with Gasteiger partial charge in [0.2, 0.25) is 5.91 Å². The molecule has 0 aromatic rings. The molecule has 2 aliphatic rings. The number of carbonyl (C=O) groups is 1. The monoisotopic (exact) mass is 312 g/mol. The van der Waals surface area contributed by atoms with E-state index < -0.39 is 0 Å². The molecule has 2 atom stereocenters. The van der Waals surface area contributed by atoms with Gasteiger partial charge in [-0.2, -0.15) is 11.8 Å². The Balaban J connectivity index is 2.07. The average molecular weight is 313 g/mol. The largest absolute Gasteiger partial charge is 0.324 e. The standard InChI is InChI=1S/C17H32N2OS/c1-5-15-18-14(11-13(2)3)16(20)19(15)12-17(21-4)9-7-6-8-10-17/h13-15,18H,5-12H2,1-4H3. The highest BCUT2D eigenvalue weighted by Crippen LogP contribution is 2.40. The summed E-state index contributed by atoms with van der Waals surface area (Å²) >= 11 is 1.99. The van der Waals surface area contributed by atoms with Crippen molar-refractivity contribution in [1.82, 2.24) is 10.2 Å². The Bertz CT molecular complexity index is 353. The fourth-order valence-corrected chi connectivity index (χ4v) is 4.81. The maximum absolute atomic E-state index is 12.8. The number of rotatable bonds is 6. The summed E-state index contributed by atoms with van der Waals surface area (Å²) in [5.74, 6) is 0.905. The van der Waals surface area contributed by atoms with Gasteiger partial charge >= 0.3 is 0 Å². The van der Waals surface area contributed by atoms with E-state index in [1.54, 1.807) is 0 Å². The van der Waals surface area contributed by atoms with Crippen LogP contribution in [0.2, 0.25) is 0 Å². The number of thioether (sulfide) groups is 1. The van der Waals surface area contributed by atoms with Crippen LogP contribution in [0.5, 0.6) is 0 Å². The van der Waals surface area contributed by atoms with Crippen molar-refractivity contribution in [3.63, 3.8) is 0 Å². The summed E-state index contributed by atoms with van der Waals surface area (Å²) in [6.45, 7) is 7.52. The molecule has 1 aliphatic heterocycles. The van der Waals surface area contributed by atoms with Crippen molar-refractivity contribution in [3.05, 3.63) is 0 Å². The van der Waals surface area contributed by atoms with E-state index in [1.807, 2.05) is 11.8 Å². The molecule has 1 heterocycles. The van der Waals surface area contributed by atoms with Crippen LogP contribution in [0.1, 0.15) is 65.7 Å². The topological polar surface area (TPSA) is 32.3 Å². The summed E-state index contributed by atoms with van der Waals surface area (Å²) < 4.78 is 0.301. The number of hydrogen-bond acceptors (Lipinski definition) is 3. The van der Waals surface area contributed by atoms with Gasteiger partial charge in [-0.05, 0) is 37.9 Å². The highest BCUT2D eigenvalue weighted by molar-refractivity contribution is 8.00. The van der Waals surface area contributed by atoms with Crippen molar-refractivity contribution < 1.29 is 4.79 Å². The van der Waals surface area contributed by atoms with Crippen molar-refractivity contribution in [2.45, 2.75) is 82.7 Å². The SMILES string of the molecule is CCC1NC(CC(C)C)C(=O)N1CC1(SC)CCCCC1. The lowest BCUT2D eigenvalue weighted by Crippen LogP contribution is -2.47. The maximum Gasteiger partial charge on any atom is 0.241 e. The zero-order chi connectivity index (χ0) is 15.5. The van der Waals surface area contributed by atoms with Gasteiger partial charge in [-0.25, -0.2) is 0 Å². The first kappa shape index (κ1) is 17.1. The van der Waals surface area contributed by atoms with Crippen molar-refractivity contribution in [1.29, 1.82) is 0 Å². The molecule has 3 nitrogen and oxygen atoms in total. The van der Waals surface area contributed by atoms with E-state index in [0.717, 1.165) is 19.4 Å². The van der Waals surface area contributed by atoms with E-state index in [9.17, 15) is 4.79 Å². The van der Waals surface area contributed by atoms with Crippen LogP contribution in [0.25, 0.3) is 0 Å². The Morgan fingerprint density at radius 1 is 1.33 bits per heavy atom. The first-order chi connectivity index (χ1) is 10.0. The summed E-state index contributed by atoms with van der Waals surface area (Å²) in [5, 5.41) is 3.57. The molecule has 0 spiro atoms. The van der Waals surface area contributed by atoms with Crippen LogP contribution < -0.4 is 5.32 Å². The van der Waals surface area contributed by atoms with E-state index in [4.69, 9.17) is 0 Å². The number of hydrogen-bond donors (Lipinski definition) is 1. The van der Waals surface area contributed by atoms with Crippen LogP contribution in [0.3, 0.4) is 0 Å². The third kappa shape index (κ3) is 3.95. The van der Waals surface area contributed by atoms with Crippen LogP contribution in [0.15, 0.2) is 0 Å². The fraction of sp³-hybridized carbons (Fsp3) is 0.941. The maximum atomic E-state index is 12.8. The Kier molecular flexibility index (Phi) is 6.01. The number of amides is 1. The van der Waals surface area contributed by atoms with Gasteiger partial charge in [0.05, 0.1) is 12.2 Å². The smallest absolute Gasteiger partial charge is 0.241 e. The van der Waals surface area contributed by atoms with Gasteiger partial charge in [-0.15, -0.1) is 0 Å². The number of nitrogens with zero attached hydrogens (tertiary/aromatic N) is 1. The van der Waals surface area contributed by atoms with Crippen LogP contribution >= 0.6 is 11.8 Å². The minimum atomic E-state index is 0.0393. The molecule has 21 heavy (non-hydrogen) atoms.